The highest BCUT2D eigenvalue weighted by atomic mass is 32.2. The molecular formula is C16H21N5O3S. The number of aryl methyl sites for hydroxylation is 2. The minimum atomic E-state index is -3.61. The van der Waals surface area contributed by atoms with E-state index < -0.39 is 10.0 Å². The van der Waals surface area contributed by atoms with Crippen LogP contribution in [0, 0.1) is 13.8 Å². The molecule has 1 aromatic carbocycles. The van der Waals surface area contributed by atoms with Gasteiger partial charge in [0.25, 0.3) is 0 Å². The summed E-state index contributed by atoms with van der Waals surface area (Å²) in [4.78, 5) is 14.1. The van der Waals surface area contributed by atoms with E-state index in [0.29, 0.717) is 30.2 Å². The van der Waals surface area contributed by atoms with Gasteiger partial charge in [-0.2, -0.15) is 9.40 Å². The average Bonchev–Trinajstić information content (AvgIpc) is 2.95. The van der Waals surface area contributed by atoms with E-state index >= 15 is 0 Å². The Morgan fingerprint density at radius 1 is 1.12 bits per heavy atom. The molecule has 2 heterocycles. The Hall–Kier alpha value is -2.39. The second kappa shape index (κ2) is 6.85. The first-order valence-electron chi connectivity index (χ1n) is 8.02. The highest BCUT2D eigenvalue weighted by Crippen LogP contribution is 2.22. The van der Waals surface area contributed by atoms with Gasteiger partial charge in [-0.05, 0) is 26.0 Å². The first-order valence-corrected chi connectivity index (χ1v) is 9.46. The number of hydrogen-bond acceptors (Lipinski definition) is 4. The van der Waals surface area contributed by atoms with Gasteiger partial charge in [0.2, 0.25) is 10.0 Å². The van der Waals surface area contributed by atoms with Gasteiger partial charge in [-0.1, -0.05) is 18.2 Å². The largest absolute Gasteiger partial charge is 0.322 e. The number of nitrogens with one attached hydrogen (secondary N) is 2. The molecule has 0 radical (unpaired) electrons. The molecule has 0 bridgehead atoms. The average molecular weight is 363 g/mol. The number of carbonyl (C=O) groups is 1. The van der Waals surface area contributed by atoms with E-state index in [1.54, 1.807) is 18.7 Å². The van der Waals surface area contributed by atoms with Crippen LogP contribution in [0.25, 0.3) is 0 Å². The number of rotatable bonds is 3. The highest BCUT2D eigenvalue weighted by Gasteiger charge is 2.33. The second-order valence-corrected chi connectivity index (χ2v) is 7.83. The molecule has 1 aliphatic rings. The van der Waals surface area contributed by atoms with Crippen LogP contribution in [-0.4, -0.2) is 60.0 Å². The summed E-state index contributed by atoms with van der Waals surface area (Å²) in [6.07, 6.45) is 0. The van der Waals surface area contributed by atoms with E-state index in [1.165, 1.54) is 4.31 Å². The molecule has 9 heteroatoms. The highest BCUT2D eigenvalue weighted by molar-refractivity contribution is 7.89. The first kappa shape index (κ1) is 17.4. The lowest BCUT2D eigenvalue weighted by atomic mass is 10.3. The summed E-state index contributed by atoms with van der Waals surface area (Å²) in [5.41, 5.74) is 1.70. The van der Waals surface area contributed by atoms with Crippen LogP contribution in [0.15, 0.2) is 35.2 Å². The molecule has 0 atom stereocenters. The van der Waals surface area contributed by atoms with Crippen LogP contribution in [0.4, 0.5) is 10.5 Å². The lowest BCUT2D eigenvalue weighted by Crippen LogP contribution is -2.51. The first-order chi connectivity index (χ1) is 11.9. The minimum absolute atomic E-state index is 0.223. The van der Waals surface area contributed by atoms with Crippen molar-refractivity contribution in [2.24, 2.45) is 0 Å². The van der Waals surface area contributed by atoms with Crippen molar-refractivity contribution in [1.29, 1.82) is 0 Å². The SMILES string of the molecule is Cc1n[nH]c(C)c1S(=O)(=O)N1CCN(C(=O)Nc2ccccc2)CC1. The summed E-state index contributed by atoms with van der Waals surface area (Å²) < 4.78 is 27.0. The predicted octanol–water partition coefficient (Wildman–Crippen LogP) is 1.56. The molecule has 0 spiro atoms. The van der Waals surface area contributed by atoms with E-state index in [4.69, 9.17) is 0 Å². The van der Waals surface area contributed by atoms with Gasteiger partial charge < -0.3 is 10.2 Å². The van der Waals surface area contributed by atoms with Gasteiger partial charge in [-0.25, -0.2) is 13.2 Å². The molecule has 134 valence electrons. The normalized spacial score (nSPS) is 16.0. The van der Waals surface area contributed by atoms with Gasteiger partial charge in [0.1, 0.15) is 4.90 Å². The number of sulfonamides is 1. The zero-order valence-electron chi connectivity index (χ0n) is 14.2. The summed E-state index contributed by atoms with van der Waals surface area (Å²) >= 11 is 0. The molecule has 25 heavy (non-hydrogen) atoms. The zero-order chi connectivity index (χ0) is 18.0. The maximum atomic E-state index is 12.8. The fraction of sp³-hybridized carbons (Fsp3) is 0.375. The number of hydrogen-bond donors (Lipinski definition) is 2. The molecule has 1 aromatic heterocycles. The summed E-state index contributed by atoms with van der Waals surface area (Å²) in [5, 5.41) is 9.48. The van der Waals surface area contributed by atoms with Crippen molar-refractivity contribution < 1.29 is 13.2 Å². The summed E-state index contributed by atoms with van der Waals surface area (Å²) in [6.45, 7) is 4.56. The van der Waals surface area contributed by atoms with Crippen LogP contribution in [-0.2, 0) is 10.0 Å². The molecule has 1 saturated heterocycles. The summed E-state index contributed by atoms with van der Waals surface area (Å²) in [7, 11) is -3.61. The Labute approximate surface area is 146 Å². The van der Waals surface area contributed by atoms with Crippen LogP contribution in [0.1, 0.15) is 11.4 Å². The standard InChI is InChI=1S/C16H21N5O3S/c1-12-15(13(2)19-18-12)25(23,24)21-10-8-20(9-11-21)16(22)17-14-6-4-3-5-7-14/h3-7H,8-11H2,1-2H3,(H,17,22)(H,18,19). The zero-order valence-corrected chi connectivity index (χ0v) is 15.0. The number of benzene rings is 1. The van der Waals surface area contributed by atoms with Gasteiger partial charge in [0, 0.05) is 31.9 Å². The molecule has 2 N–H and O–H groups in total. The summed E-state index contributed by atoms with van der Waals surface area (Å²) in [6, 6.07) is 8.95. The maximum Gasteiger partial charge on any atom is 0.321 e. The molecule has 2 aromatic rings. The lowest BCUT2D eigenvalue weighted by Gasteiger charge is -2.34. The molecule has 0 unspecified atom stereocenters. The Bertz CT molecular complexity index is 836. The van der Waals surface area contributed by atoms with Crippen molar-refractivity contribution in [3.05, 3.63) is 41.7 Å². The van der Waals surface area contributed by atoms with Crippen molar-refractivity contribution in [2.75, 3.05) is 31.5 Å². The fourth-order valence-electron chi connectivity index (χ4n) is 2.91. The quantitative estimate of drug-likeness (QED) is 0.865. The Kier molecular flexibility index (Phi) is 4.78. The molecule has 0 saturated carbocycles. The van der Waals surface area contributed by atoms with E-state index in [2.05, 4.69) is 15.5 Å². The Morgan fingerprint density at radius 2 is 1.76 bits per heavy atom. The number of para-hydroxylation sites is 1. The summed E-state index contributed by atoms with van der Waals surface area (Å²) in [5.74, 6) is 0. The third-order valence-electron chi connectivity index (χ3n) is 4.21. The van der Waals surface area contributed by atoms with Crippen LogP contribution < -0.4 is 5.32 Å². The number of amides is 2. The van der Waals surface area contributed by atoms with Gasteiger partial charge in [0.05, 0.1) is 11.4 Å². The van der Waals surface area contributed by atoms with Crippen molar-refractivity contribution in [3.63, 3.8) is 0 Å². The number of aromatic amines is 1. The Morgan fingerprint density at radius 3 is 2.32 bits per heavy atom. The van der Waals surface area contributed by atoms with Gasteiger partial charge in [-0.3, -0.25) is 5.10 Å². The second-order valence-electron chi connectivity index (χ2n) is 5.95. The van der Waals surface area contributed by atoms with Gasteiger partial charge in [-0.15, -0.1) is 0 Å². The van der Waals surface area contributed by atoms with Crippen molar-refractivity contribution >= 4 is 21.7 Å². The number of carbonyl (C=O) groups excluding carboxylic acids is 1. The van der Waals surface area contributed by atoms with Crippen molar-refractivity contribution in [3.8, 4) is 0 Å². The van der Waals surface area contributed by atoms with E-state index in [0.717, 1.165) is 0 Å². The van der Waals surface area contributed by atoms with Crippen LogP contribution in [0.3, 0.4) is 0 Å². The van der Waals surface area contributed by atoms with E-state index in [1.807, 2.05) is 30.3 Å². The number of piperazine rings is 1. The molecule has 1 aliphatic heterocycles. The minimum Gasteiger partial charge on any atom is -0.322 e. The van der Waals surface area contributed by atoms with Gasteiger partial charge >= 0.3 is 6.03 Å². The van der Waals surface area contributed by atoms with E-state index in [9.17, 15) is 13.2 Å². The third-order valence-corrected chi connectivity index (χ3v) is 6.37. The van der Waals surface area contributed by atoms with Crippen molar-refractivity contribution in [2.45, 2.75) is 18.7 Å². The molecule has 8 nitrogen and oxygen atoms in total. The smallest absolute Gasteiger partial charge is 0.321 e. The molecule has 2 amide bonds. The molecule has 1 fully saturated rings. The third kappa shape index (κ3) is 3.52. The molecule has 3 rings (SSSR count). The predicted molar refractivity (Wildman–Crippen MR) is 93.9 cm³/mol. The van der Waals surface area contributed by atoms with Crippen molar-refractivity contribution in [1.82, 2.24) is 19.4 Å². The number of aromatic nitrogens is 2. The molecular weight excluding hydrogens is 342 g/mol. The van der Waals surface area contributed by atoms with Crippen LogP contribution >= 0.6 is 0 Å². The van der Waals surface area contributed by atoms with Crippen LogP contribution in [0.5, 0.6) is 0 Å². The topological polar surface area (TPSA) is 98.4 Å². The number of urea groups is 1. The lowest BCUT2D eigenvalue weighted by molar-refractivity contribution is 0.184. The van der Waals surface area contributed by atoms with Crippen LogP contribution in [0.2, 0.25) is 0 Å². The number of nitrogens with zero attached hydrogens (tertiary/aromatic N) is 3. The van der Waals surface area contributed by atoms with E-state index in [-0.39, 0.29) is 24.0 Å². The number of H-pyrrole nitrogens is 1. The monoisotopic (exact) mass is 363 g/mol. The number of anilines is 1. The maximum absolute atomic E-state index is 12.8. The Balaban J connectivity index is 1.65. The molecule has 0 aliphatic carbocycles. The fourth-order valence-corrected chi connectivity index (χ4v) is 4.66. The van der Waals surface area contributed by atoms with Gasteiger partial charge in [0.15, 0.2) is 0 Å².